The molecule has 0 spiro atoms. The zero-order valence-electron chi connectivity index (χ0n) is 28.3. The zero-order chi connectivity index (χ0) is 35.7. The molecule has 1 fully saturated rings. The van der Waals surface area contributed by atoms with Gasteiger partial charge < -0.3 is 35.5 Å². The Hall–Kier alpha value is -5.72. The summed E-state index contributed by atoms with van der Waals surface area (Å²) in [6.07, 6.45) is 6.64. The monoisotopic (exact) mass is 706 g/mol. The molecule has 51 heavy (non-hydrogen) atoms. The first-order valence-electron chi connectivity index (χ1n) is 16.6. The Morgan fingerprint density at radius 3 is 2.53 bits per heavy atom. The molecule has 0 bridgehead atoms. The minimum Gasteiger partial charge on any atom is -0.445 e. The van der Waals surface area contributed by atoms with Crippen molar-refractivity contribution in [3.05, 3.63) is 120 Å². The molecule has 2 aromatic heterocycles. The fraction of sp³-hybridized carbons (Fsp3) is 0.237. The van der Waals surface area contributed by atoms with Crippen LogP contribution in [0.15, 0.2) is 103 Å². The number of H-pyrrole nitrogens is 1. The number of aromatic amines is 1. The van der Waals surface area contributed by atoms with Gasteiger partial charge in [-0.3, -0.25) is 9.59 Å². The maximum atomic E-state index is 13.4. The van der Waals surface area contributed by atoms with Crippen LogP contribution in [0.25, 0.3) is 22.2 Å². The first kappa shape index (κ1) is 35.1. The molecule has 3 heterocycles. The average Bonchev–Trinajstić information content (AvgIpc) is 3.56. The fourth-order valence-corrected chi connectivity index (χ4v) is 6.06. The van der Waals surface area contributed by atoms with E-state index in [0.717, 1.165) is 22.0 Å². The number of rotatable bonds is 11. The van der Waals surface area contributed by atoms with Crippen LogP contribution in [0.3, 0.4) is 0 Å². The average molecular weight is 707 g/mol. The van der Waals surface area contributed by atoms with Gasteiger partial charge in [0.25, 0.3) is 5.91 Å². The number of aromatic nitrogens is 3. The molecule has 3 aromatic carbocycles. The molecule has 2 atom stereocenters. The molecule has 4 N–H and O–H groups in total. The van der Waals surface area contributed by atoms with Gasteiger partial charge in [-0.05, 0) is 56.4 Å². The van der Waals surface area contributed by atoms with Crippen molar-refractivity contribution < 1.29 is 19.1 Å². The summed E-state index contributed by atoms with van der Waals surface area (Å²) in [5.41, 5.74) is 4.21. The predicted octanol–water partition coefficient (Wildman–Crippen LogP) is 5.96. The molecule has 0 radical (unpaired) electrons. The van der Waals surface area contributed by atoms with Gasteiger partial charge in [-0.15, -0.1) is 0 Å². The van der Waals surface area contributed by atoms with Crippen molar-refractivity contribution in [2.75, 3.05) is 44.4 Å². The summed E-state index contributed by atoms with van der Waals surface area (Å²) in [6, 6.07) is 23.2. The third-order valence-corrected chi connectivity index (χ3v) is 8.60. The number of fused-ring (bicyclic) bond motifs is 1. The van der Waals surface area contributed by atoms with E-state index in [1.807, 2.05) is 79.8 Å². The lowest BCUT2D eigenvalue weighted by Gasteiger charge is -2.37. The van der Waals surface area contributed by atoms with Gasteiger partial charge in [-0.25, -0.2) is 14.8 Å². The Morgan fingerprint density at radius 2 is 1.75 bits per heavy atom. The van der Waals surface area contributed by atoms with Gasteiger partial charge in [-0.1, -0.05) is 66.2 Å². The van der Waals surface area contributed by atoms with Crippen LogP contribution in [-0.4, -0.2) is 88.5 Å². The van der Waals surface area contributed by atoms with Crippen molar-refractivity contribution in [3.8, 4) is 11.3 Å². The summed E-state index contributed by atoms with van der Waals surface area (Å²) in [4.78, 5) is 55.0. The Labute approximate surface area is 300 Å². The smallest absolute Gasteiger partial charge is 0.410 e. The zero-order valence-corrected chi connectivity index (χ0v) is 29.1. The molecule has 1 aliphatic heterocycles. The van der Waals surface area contributed by atoms with Crippen LogP contribution in [-0.2, 0) is 16.1 Å². The quantitative estimate of drug-likeness (QED) is 0.123. The first-order valence-corrected chi connectivity index (χ1v) is 16.9. The molecule has 12 nitrogen and oxygen atoms in total. The van der Waals surface area contributed by atoms with Crippen molar-refractivity contribution in [2.24, 2.45) is 0 Å². The largest absolute Gasteiger partial charge is 0.445 e. The SMILES string of the molecule is CN(C)C/C=C/C(=O)Nc1ccc(C(=O)N[C@@H]2CC(Nc3ncc(Cl)c(-c4c[nH]c5ccccc45)n3)CN(C(=O)OCc3ccccc3)C2)cc1. The number of likely N-dealkylation sites (tertiary alicyclic amines) is 1. The minimum absolute atomic E-state index is 0.119. The van der Waals surface area contributed by atoms with E-state index in [2.05, 4.69) is 25.9 Å². The standard InChI is InChI=1S/C38H39ClN8O4/c1-46(2)18-8-13-34(48)42-27-16-14-26(15-17-27)36(49)43-28-19-29(23-47(22-28)38(50)51-24-25-9-4-3-5-10-25)44-37-41-21-32(39)35(45-37)31-20-40-33-12-7-6-11-30(31)33/h3-17,20-21,28-29,40H,18-19,22-24H2,1-2H3,(H,42,48)(H,43,49)(H,41,44,45)/b13-8+/t28-,29?/m1/s1. The van der Waals surface area contributed by atoms with Crippen LogP contribution >= 0.6 is 11.6 Å². The molecule has 1 unspecified atom stereocenters. The Kier molecular flexibility index (Phi) is 11.2. The van der Waals surface area contributed by atoms with Crippen LogP contribution < -0.4 is 16.0 Å². The number of nitrogens with zero attached hydrogens (tertiary/aromatic N) is 4. The number of para-hydroxylation sites is 1. The van der Waals surface area contributed by atoms with E-state index in [9.17, 15) is 14.4 Å². The highest BCUT2D eigenvalue weighted by atomic mass is 35.5. The second-order valence-electron chi connectivity index (χ2n) is 12.6. The van der Waals surface area contributed by atoms with Gasteiger partial charge in [0.1, 0.15) is 6.61 Å². The van der Waals surface area contributed by atoms with Gasteiger partial charge in [-0.2, -0.15) is 0 Å². The molecule has 1 aliphatic rings. The van der Waals surface area contributed by atoms with Crippen molar-refractivity contribution in [3.63, 3.8) is 0 Å². The van der Waals surface area contributed by atoms with Crippen LogP contribution in [0.1, 0.15) is 22.3 Å². The highest BCUT2D eigenvalue weighted by molar-refractivity contribution is 6.33. The molecule has 0 aliphatic carbocycles. The molecule has 0 saturated carbocycles. The normalized spacial score (nSPS) is 16.0. The summed E-state index contributed by atoms with van der Waals surface area (Å²) in [5.74, 6) is -0.234. The number of amides is 3. The lowest BCUT2D eigenvalue weighted by molar-refractivity contribution is -0.111. The lowest BCUT2D eigenvalue weighted by Crippen LogP contribution is -2.56. The van der Waals surface area contributed by atoms with E-state index in [1.165, 1.54) is 6.08 Å². The van der Waals surface area contributed by atoms with E-state index in [1.54, 1.807) is 41.4 Å². The number of halogens is 1. The van der Waals surface area contributed by atoms with Crippen LogP contribution in [0.2, 0.25) is 5.02 Å². The number of carbonyl (C=O) groups is 3. The highest BCUT2D eigenvalue weighted by Gasteiger charge is 2.32. The molecule has 3 amide bonds. The summed E-state index contributed by atoms with van der Waals surface area (Å²) in [6.45, 7) is 1.30. The summed E-state index contributed by atoms with van der Waals surface area (Å²) in [5, 5.41) is 10.6. The molecule has 262 valence electrons. The Bertz CT molecular complexity index is 2020. The van der Waals surface area contributed by atoms with Gasteiger partial charge in [0.2, 0.25) is 11.9 Å². The number of hydrogen-bond donors (Lipinski definition) is 4. The lowest BCUT2D eigenvalue weighted by atomic mass is 10.0. The van der Waals surface area contributed by atoms with Crippen LogP contribution in [0.4, 0.5) is 16.4 Å². The molecule has 5 aromatic rings. The van der Waals surface area contributed by atoms with E-state index in [4.69, 9.17) is 21.3 Å². The van der Waals surface area contributed by atoms with Crippen molar-refractivity contribution >= 4 is 52.0 Å². The maximum absolute atomic E-state index is 13.4. The number of ether oxygens (including phenoxy) is 1. The number of nitrogens with one attached hydrogen (secondary N) is 4. The van der Waals surface area contributed by atoms with E-state index in [0.29, 0.717) is 47.4 Å². The third kappa shape index (κ3) is 9.30. The predicted molar refractivity (Wildman–Crippen MR) is 199 cm³/mol. The van der Waals surface area contributed by atoms with E-state index >= 15 is 0 Å². The summed E-state index contributed by atoms with van der Waals surface area (Å²) < 4.78 is 5.66. The number of likely N-dealkylation sites (N-methyl/N-ethyl adjacent to an activating group) is 1. The Balaban J connectivity index is 1.16. The molecular weight excluding hydrogens is 668 g/mol. The van der Waals surface area contributed by atoms with Crippen LogP contribution in [0.5, 0.6) is 0 Å². The van der Waals surface area contributed by atoms with E-state index < -0.39 is 12.1 Å². The van der Waals surface area contributed by atoms with E-state index in [-0.39, 0.29) is 31.0 Å². The molecule has 1 saturated heterocycles. The van der Waals surface area contributed by atoms with Crippen molar-refractivity contribution in [1.82, 2.24) is 30.1 Å². The van der Waals surface area contributed by atoms with Gasteiger partial charge in [0, 0.05) is 71.7 Å². The molecule has 13 heteroatoms. The highest BCUT2D eigenvalue weighted by Crippen LogP contribution is 2.32. The second kappa shape index (κ2) is 16.3. The van der Waals surface area contributed by atoms with Crippen molar-refractivity contribution in [2.45, 2.75) is 25.1 Å². The van der Waals surface area contributed by atoms with Crippen molar-refractivity contribution in [1.29, 1.82) is 0 Å². The topological polar surface area (TPSA) is 145 Å². The molecular formula is C38H39ClN8O4. The second-order valence-corrected chi connectivity index (χ2v) is 13.0. The number of anilines is 2. The number of benzene rings is 3. The number of carbonyl (C=O) groups excluding carboxylic acids is 3. The fourth-order valence-electron chi connectivity index (χ4n) is 5.87. The summed E-state index contributed by atoms with van der Waals surface area (Å²) in [7, 11) is 3.84. The number of hydrogen-bond acceptors (Lipinski definition) is 8. The van der Waals surface area contributed by atoms with Gasteiger partial charge >= 0.3 is 6.09 Å². The summed E-state index contributed by atoms with van der Waals surface area (Å²) >= 11 is 6.58. The first-order chi connectivity index (χ1) is 24.7. The van der Waals surface area contributed by atoms with Gasteiger partial charge in [0.15, 0.2) is 0 Å². The minimum atomic E-state index is -0.499. The molecule has 6 rings (SSSR count). The number of piperidine rings is 1. The van der Waals surface area contributed by atoms with Crippen LogP contribution in [0, 0.1) is 0 Å². The third-order valence-electron chi connectivity index (χ3n) is 8.33. The Morgan fingerprint density at radius 1 is 1.00 bits per heavy atom. The van der Waals surface area contributed by atoms with Gasteiger partial charge in [0.05, 0.1) is 16.9 Å². The maximum Gasteiger partial charge on any atom is 0.410 e.